The van der Waals surface area contributed by atoms with Crippen molar-refractivity contribution in [3.63, 3.8) is 0 Å². The number of esters is 3. The number of hydrogen-bond donors (Lipinski definition) is 0. The molecule has 0 aliphatic carbocycles. The van der Waals surface area contributed by atoms with Crippen molar-refractivity contribution >= 4 is 17.9 Å². The van der Waals surface area contributed by atoms with Crippen LogP contribution in [-0.2, 0) is 28.6 Å². The molecule has 6 heteroatoms. The summed E-state index contributed by atoms with van der Waals surface area (Å²) >= 11 is 0. The number of rotatable bonds is 41. The zero-order valence-electron chi connectivity index (χ0n) is 36.1. The Kier molecular flexibility index (Phi) is 38.9. The largest absolute Gasteiger partial charge is 0.462 e. The van der Waals surface area contributed by atoms with Gasteiger partial charge in [-0.1, -0.05) is 214 Å². The lowest BCUT2D eigenvalue weighted by molar-refractivity contribution is -0.167. The van der Waals surface area contributed by atoms with E-state index >= 15 is 0 Å². The molecule has 0 radical (unpaired) electrons. The first-order valence-corrected chi connectivity index (χ1v) is 23.2. The lowest BCUT2D eigenvalue weighted by atomic mass is 10.0. The number of ether oxygens (including phenoxy) is 3. The number of unbranched alkanes of at least 4 members (excludes halogenated alkanes) is 26. The Morgan fingerprint density at radius 3 is 0.925 bits per heavy atom. The molecule has 0 amide bonds. The van der Waals surface area contributed by atoms with E-state index in [1.807, 2.05) is 0 Å². The molecule has 314 valence electrons. The highest BCUT2D eigenvalue weighted by atomic mass is 16.6. The first-order chi connectivity index (χ1) is 25.7. The molecule has 0 aliphatic rings. The second kappa shape index (κ2) is 40.1. The van der Waals surface area contributed by atoms with Crippen LogP contribution >= 0.6 is 0 Å². The molecule has 53 heavy (non-hydrogen) atoms. The Bertz CT molecular complexity index is 809. The highest BCUT2D eigenvalue weighted by Gasteiger charge is 2.19. The third-order valence-corrected chi connectivity index (χ3v) is 10.5. The molecule has 0 saturated carbocycles. The van der Waals surface area contributed by atoms with Gasteiger partial charge in [-0.25, -0.2) is 0 Å². The van der Waals surface area contributed by atoms with Crippen molar-refractivity contribution in [3.05, 3.63) is 0 Å². The molecule has 1 atom stereocenters. The summed E-state index contributed by atoms with van der Waals surface area (Å²) in [6.45, 7) is 11.3. The summed E-state index contributed by atoms with van der Waals surface area (Å²) in [5, 5.41) is 0. The molecule has 0 rings (SSSR count). The molecular weight excluding hydrogens is 661 g/mol. The van der Waals surface area contributed by atoms with E-state index in [2.05, 4.69) is 34.6 Å². The zero-order chi connectivity index (χ0) is 39.0. The summed E-state index contributed by atoms with van der Waals surface area (Å²) in [7, 11) is 0. The molecule has 0 bridgehead atoms. The van der Waals surface area contributed by atoms with Gasteiger partial charge in [-0.15, -0.1) is 0 Å². The minimum Gasteiger partial charge on any atom is -0.462 e. The second-order valence-corrected chi connectivity index (χ2v) is 17.0. The van der Waals surface area contributed by atoms with E-state index in [0.29, 0.717) is 19.3 Å². The first-order valence-electron chi connectivity index (χ1n) is 23.2. The smallest absolute Gasteiger partial charge is 0.306 e. The van der Waals surface area contributed by atoms with Crippen molar-refractivity contribution in [1.29, 1.82) is 0 Å². The third kappa shape index (κ3) is 41.4. The average Bonchev–Trinajstić information content (AvgIpc) is 3.12. The van der Waals surface area contributed by atoms with Crippen LogP contribution in [0.2, 0.25) is 0 Å². The highest BCUT2D eigenvalue weighted by molar-refractivity contribution is 5.71. The fraction of sp³-hybridized carbons (Fsp3) is 0.936. The van der Waals surface area contributed by atoms with E-state index in [4.69, 9.17) is 14.2 Å². The van der Waals surface area contributed by atoms with Gasteiger partial charge in [0.25, 0.3) is 0 Å². The predicted molar refractivity (Wildman–Crippen MR) is 224 cm³/mol. The number of carbonyl (C=O) groups excluding carboxylic acids is 3. The van der Waals surface area contributed by atoms with Crippen LogP contribution in [0.1, 0.15) is 253 Å². The monoisotopic (exact) mass is 751 g/mol. The van der Waals surface area contributed by atoms with Crippen LogP contribution in [0.25, 0.3) is 0 Å². The van der Waals surface area contributed by atoms with E-state index in [9.17, 15) is 14.4 Å². The van der Waals surface area contributed by atoms with Crippen LogP contribution in [0.3, 0.4) is 0 Å². The Morgan fingerprint density at radius 2 is 0.623 bits per heavy atom. The maximum absolute atomic E-state index is 12.7. The Hall–Kier alpha value is -1.59. The summed E-state index contributed by atoms with van der Waals surface area (Å²) in [6.07, 6.45) is 38.0. The predicted octanol–water partition coefficient (Wildman–Crippen LogP) is 14.6. The normalized spacial score (nSPS) is 12.1. The molecule has 0 spiro atoms. The van der Waals surface area contributed by atoms with Gasteiger partial charge in [-0.2, -0.15) is 0 Å². The lowest BCUT2D eigenvalue weighted by Gasteiger charge is -2.18. The summed E-state index contributed by atoms with van der Waals surface area (Å²) in [5.74, 6) is 0.753. The molecule has 0 N–H and O–H groups in total. The topological polar surface area (TPSA) is 78.9 Å². The van der Waals surface area contributed by atoms with Gasteiger partial charge in [0.15, 0.2) is 6.10 Å². The number of carbonyl (C=O) groups is 3. The Labute approximate surface area is 329 Å². The molecule has 0 aliphatic heterocycles. The van der Waals surface area contributed by atoms with Gasteiger partial charge in [0.2, 0.25) is 0 Å². The van der Waals surface area contributed by atoms with Gasteiger partial charge in [0.1, 0.15) is 13.2 Å². The molecule has 6 nitrogen and oxygen atoms in total. The molecular formula is C47H90O6. The minimum atomic E-state index is -0.760. The minimum absolute atomic E-state index is 0.0651. The van der Waals surface area contributed by atoms with E-state index in [-0.39, 0.29) is 31.1 Å². The summed E-state index contributed by atoms with van der Waals surface area (Å²) in [4.78, 5) is 37.7. The van der Waals surface area contributed by atoms with Gasteiger partial charge in [-0.3, -0.25) is 14.4 Å². The van der Waals surface area contributed by atoms with Crippen LogP contribution in [0.5, 0.6) is 0 Å². The van der Waals surface area contributed by atoms with Crippen molar-refractivity contribution in [1.82, 2.24) is 0 Å². The van der Waals surface area contributed by atoms with Crippen LogP contribution in [-0.4, -0.2) is 37.2 Å². The molecule has 0 aromatic heterocycles. The number of hydrogen-bond acceptors (Lipinski definition) is 6. The van der Waals surface area contributed by atoms with Gasteiger partial charge in [0, 0.05) is 19.3 Å². The lowest BCUT2D eigenvalue weighted by Crippen LogP contribution is -2.30. The summed E-state index contributed by atoms with van der Waals surface area (Å²) in [5.41, 5.74) is 0. The molecule has 0 heterocycles. The van der Waals surface area contributed by atoms with E-state index in [1.54, 1.807) is 0 Å². The Morgan fingerprint density at radius 1 is 0.358 bits per heavy atom. The fourth-order valence-electron chi connectivity index (χ4n) is 6.93. The highest BCUT2D eigenvalue weighted by Crippen LogP contribution is 2.16. The summed E-state index contributed by atoms with van der Waals surface area (Å²) in [6, 6.07) is 0. The van der Waals surface area contributed by atoms with Crippen molar-refractivity contribution < 1.29 is 28.6 Å². The van der Waals surface area contributed by atoms with E-state index < -0.39 is 6.10 Å². The molecule has 0 aromatic carbocycles. The third-order valence-electron chi connectivity index (χ3n) is 10.5. The van der Waals surface area contributed by atoms with Gasteiger partial charge < -0.3 is 14.2 Å². The fourth-order valence-corrected chi connectivity index (χ4v) is 6.93. The van der Waals surface area contributed by atoms with Crippen molar-refractivity contribution in [2.45, 2.75) is 259 Å². The van der Waals surface area contributed by atoms with Crippen LogP contribution in [0.4, 0.5) is 0 Å². The van der Waals surface area contributed by atoms with Crippen LogP contribution in [0.15, 0.2) is 0 Å². The second-order valence-electron chi connectivity index (χ2n) is 17.0. The van der Waals surface area contributed by atoms with Crippen molar-refractivity contribution in [3.8, 4) is 0 Å². The van der Waals surface area contributed by atoms with E-state index in [1.165, 1.54) is 141 Å². The zero-order valence-corrected chi connectivity index (χ0v) is 36.1. The average molecular weight is 751 g/mol. The molecule has 0 unspecified atom stereocenters. The van der Waals surface area contributed by atoms with Gasteiger partial charge in [-0.05, 0) is 31.1 Å². The van der Waals surface area contributed by atoms with Crippen LogP contribution < -0.4 is 0 Å². The van der Waals surface area contributed by atoms with Gasteiger partial charge >= 0.3 is 17.9 Å². The maximum atomic E-state index is 12.7. The quantitative estimate of drug-likeness (QED) is 0.0352. The van der Waals surface area contributed by atoms with Crippen molar-refractivity contribution in [2.75, 3.05) is 13.2 Å². The maximum Gasteiger partial charge on any atom is 0.306 e. The first kappa shape index (κ1) is 51.4. The Balaban J connectivity index is 4.33. The molecule has 0 fully saturated rings. The summed E-state index contributed by atoms with van der Waals surface area (Å²) < 4.78 is 16.7. The standard InChI is InChI=1S/C47H90O6/c1-6-7-8-9-10-11-12-16-22-27-32-37-45(48)51-40-44(53-47(50)39-34-29-24-19-18-21-26-31-36-43(4)5)41-52-46(49)38-33-28-23-17-14-13-15-20-25-30-35-42(2)3/h42-44H,6-41H2,1-5H3/t44-/m1/s1. The van der Waals surface area contributed by atoms with Crippen LogP contribution in [0, 0.1) is 11.8 Å². The SMILES string of the molecule is CCCCCCCCCCCCCC(=O)OC[C@H](COC(=O)CCCCCCCCCCCCC(C)C)OC(=O)CCCCCCCCCCC(C)C. The van der Waals surface area contributed by atoms with Gasteiger partial charge in [0.05, 0.1) is 0 Å². The van der Waals surface area contributed by atoms with E-state index in [0.717, 1.165) is 69.6 Å². The molecule has 0 saturated heterocycles. The molecule has 0 aromatic rings. The van der Waals surface area contributed by atoms with Crippen molar-refractivity contribution in [2.24, 2.45) is 11.8 Å².